The Morgan fingerprint density at radius 2 is 1.83 bits per heavy atom. The zero-order chi connectivity index (χ0) is 21.5. The van der Waals surface area contributed by atoms with Crippen LogP contribution in [0, 0.1) is 12.7 Å². The van der Waals surface area contributed by atoms with E-state index in [0.29, 0.717) is 29.2 Å². The number of amides is 1. The number of piperidine rings is 1. The topological polar surface area (TPSA) is 67.3 Å². The third-order valence-electron chi connectivity index (χ3n) is 5.38. The maximum atomic E-state index is 14.2. The first-order valence-electron chi connectivity index (χ1n) is 9.68. The van der Waals surface area contributed by atoms with Crippen LogP contribution in [0.4, 0.5) is 4.39 Å². The second-order valence-corrected chi connectivity index (χ2v) is 9.75. The molecule has 4 rings (SSSR count). The van der Waals surface area contributed by atoms with Crippen LogP contribution in [-0.4, -0.2) is 37.3 Å². The first-order chi connectivity index (χ1) is 14.3. The van der Waals surface area contributed by atoms with E-state index in [1.165, 1.54) is 24.4 Å². The lowest BCUT2D eigenvalue weighted by molar-refractivity contribution is 0.0720. The summed E-state index contributed by atoms with van der Waals surface area (Å²) in [7, 11) is -4.22. The number of nitrogens with zero attached hydrogens (tertiary/aromatic N) is 2. The highest BCUT2D eigenvalue weighted by Gasteiger charge is 2.31. The fourth-order valence-corrected chi connectivity index (χ4v) is 5.50. The van der Waals surface area contributed by atoms with Gasteiger partial charge in [-0.2, -0.15) is 0 Å². The zero-order valence-corrected chi connectivity index (χ0v) is 17.9. The minimum absolute atomic E-state index is 0.0207. The van der Waals surface area contributed by atoms with Crippen LogP contribution >= 0.6 is 11.6 Å². The van der Waals surface area contributed by atoms with Gasteiger partial charge in [0.25, 0.3) is 5.91 Å². The lowest BCUT2D eigenvalue weighted by Gasteiger charge is -2.27. The summed E-state index contributed by atoms with van der Waals surface area (Å²) in [5, 5.41) is 0.560. The van der Waals surface area contributed by atoms with E-state index in [4.69, 9.17) is 11.6 Å². The lowest BCUT2D eigenvalue weighted by atomic mass is 10.1. The van der Waals surface area contributed by atoms with Crippen LogP contribution in [0.2, 0.25) is 5.02 Å². The minimum Gasteiger partial charge on any atom is -0.339 e. The number of halogens is 2. The molecule has 1 saturated heterocycles. The van der Waals surface area contributed by atoms with Gasteiger partial charge in [-0.05, 0) is 62.1 Å². The standard InChI is InChI=1S/C22H20ClFN2O3S/c1-14-5-7-16(12-19(14)24)30(28,29)21-17-11-15(23)6-8-20(17)25-13-18(21)22(27)26-9-3-2-4-10-26/h5-8,11-13H,2-4,9-10H2,1H3. The average molecular weight is 447 g/mol. The number of likely N-dealkylation sites (tertiary alicyclic amines) is 1. The lowest BCUT2D eigenvalue weighted by Crippen LogP contribution is -2.36. The molecule has 8 heteroatoms. The molecule has 0 saturated carbocycles. The fourth-order valence-electron chi connectivity index (χ4n) is 3.71. The van der Waals surface area contributed by atoms with Crippen molar-refractivity contribution in [1.82, 2.24) is 9.88 Å². The molecule has 156 valence electrons. The van der Waals surface area contributed by atoms with E-state index in [-0.39, 0.29) is 20.7 Å². The molecule has 1 aliphatic rings. The number of carbonyl (C=O) groups excluding carboxylic acids is 1. The van der Waals surface area contributed by atoms with Crippen molar-refractivity contribution in [2.75, 3.05) is 13.1 Å². The SMILES string of the molecule is Cc1ccc(S(=O)(=O)c2c(C(=O)N3CCCCC3)cnc3ccc(Cl)cc23)cc1F. The van der Waals surface area contributed by atoms with Gasteiger partial charge in [0, 0.05) is 29.7 Å². The van der Waals surface area contributed by atoms with Crippen molar-refractivity contribution in [2.24, 2.45) is 0 Å². The van der Waals surface area contributed by atoms with Crippen LogP contribution in [-0.2, 0) is 9.84 Å². The molecule has 5 nitrogen and oxygen atoms in total. The van der Waals surface area contributed by atoms with Crippen molar-refractivity contribution in [1.29, 1.82) is 0 Å². The largest absolute Gasteiger partial charge is 0.339 e. The molecular weight excluding hydrogens is 427 g/mol. The van der Waals surface area contributed by atoms with Gasteiger partial charge in [0.05, 0.1) is 20.9 Å². The molecule has 0 bridgehead atoms. The summed E-state index contributed by atoms with van der Waals surface area (Å²) in [5.41, 5.74) is 0.703. The maximum absolute atomic E-state index is 14.2. The summed E-state index contributed by atoms with van der Waals surface area (Å²) < 4.78 is 41.4. The normalized spacial score (nSPS) is 14.8. The van der Waals surface area contributed by atoms with E-state index in [1.54, 1.807) is 24.0 Å². The molecule has 1 aromatic heterocycles. The van der Waals surface area contributed by atoms with Crippen molar-refractivity contribution >= 4 is 38.2 Å². The van der Waals surface area contributed by atoms with Crippen LogP contribution in [0.25, 0.3) is 10.9 Å². The number of sulfone groups is 1. The Morgan fingerprint density at radius 1 is 1.10 bits per heavy atom. The Balaban J connectivity index is 1.98. The van der Waals surface area contributed by atoms with Gasteiger partial charge in [0.1, 0.15) is 5.82 Å². The molecule has 1 amide bonds. The molecule has 2 aromatic carbocycles. The summed E-state index contributed by atoms with van der Waals surface area (Å²) in [5.74, 6) is -1.02. The number of rotatable bonds is 3. The van der Waals surface area contributed by atoms with Crippen molar-refractivity contribution < 1.29 is 17.6 Å². The molecular formula is C22H20ClFN2O3S. The van der Waals surface area contributed by atoms with Gasteiger partial charge in [-0.15, -0.1) is 0 Å². The molecule has 3 aromatic rings. The van der Waals surface area contributed by atoms with E-state index >= 15 is 0 Å². The third kappa shape index (κ3) is 3.68. The van der Waals surface area contributed by atoms with Gasteiger partial charge >= 0.3 is 0 Å². The average Bonchev–Trinajstić information content (AvgIpc) is 2.74. The number of pyridine rings is 1. The Kier molecular flexibility index (Phi) is 5.51. The van der Waals surface area contributed by atoms with Gasteiger partial charge in [0.2, 0.25) is 9.84 Å². The molecule has 0 radical (unpaired) electrons. The Hall–Kier alpha value is -2.51. The Morgan fingerprint density at radius 3 is 2.53 bits per heavy atom. The fraction of sp³-hybridized carbons (Fsp3) is 0.273. The van der Waals surface area contributed by atoms with Crippen LogP contribution in [0.5, 0.6) is 0 Å². The quantitative estimate of drug-likeness (QED) is 0.579. The summed E-state index contributed by atoms with van der Waals surface area (Å²) in [6, 6.07) is 8.42. The number of fused-ring (bicyclic) bond motifs is 1. The van der Waals surface area contributed by atoms with Crippen molar-refractivity contribution in [2.45, 2.75) is 36.0 Å². The predicted molar refractivity (Wildman–Crippen MR) is 113 cm³/mol. The van der Waals surface area contributed by atoms with Crippen LogP contribution in [0.3, 0.4) is 0 Å². The second kappa shape index (κ2) is 7.96. The molecule has 2 heterocycles. The number of benzene rings is 2. The minimum atomic E-state index is -4.22. The van der Waals surface area contributed by atoms with Crippen LogP contribution < -0.4 is 0 Å². The van der Waals surface area contributed by atoms with E-state index in [1.807, 2.05) is 0 Å². The summed E-state index contributed by atoms with van der Waals surface area (Å²) in [6.45, 7) is 2.68. The molecule has 0 N–H and O–H groups in total. The molecule has 0 unspecified atom stereocenters. The highest BCUT2D eigenvalue weighted by atomic mass is 35.5. The van der Waals surface area contributed by atoms with E-state index in [9.17, 15) is 17.6 Å². The zero-order valence-electron chi connectivity index (χ0n) is 16.4. The van der Waals surface area contributed by atoms with Gasteiger partial charge < -0.3 is 4.90 Å². The second-order valence-electron chi connectivity index (χ2n) is 7.43. The smallest absolute Gasteiger partial charge is 0.256 e. The molecule has 0 aliphatic carbocycles. The van der Waals surface area contributed by atoms with Gasteiger partial charge in [-0.25, -0.2) is 12.8 Å². The van der Waals surface area contributed by atoms with Crippen LogP contribution in [0.15, 0.2) is 52.4 Å². The summed E-state index contributed by atoms with van der Waals surface area (Å²) in [4.78, 5) is 18.8. The van der Waals surface area contributed by atoms with Gasteiger partial charge in [-0.3, -0.25) is 9.78 Å². The van der Waals surface area contributed by atoms with Gasteiger partial charge in [-0.1, -0.05) is 17.7 Å². The van der Waals surface area contributed by atoms with E-state index in [0.717, 1.165) is 25.3 Å². The van der Waals surface area contributed by atoms with E-state index < -0.39 is 21.6 Å². The first-order valence-corrected chi connectivity index (χ1v) is 11.5. The molecule has 0 atom stereocenters. The summed E-state index contributed by atoms with van der Waals surface area (Å²) >= 11 is 6.14. The van der Waals surface area contributed by atoms with Crippen molar-refractivity contribution in [3.8, 4) is 0 Å². The Labute approximate surface area is 179 Å². The third-order valence-corrected chi connectivity index (χ3v) is 7.46. The summed E-state index contributed by atoms with van der Waals surface area (Å²) in [6.07, 6.45) is 4.06. The highest BCUT2D eigenvalue weighted by Crippen LogP contribution is 2.33. The van der Waals surface area contributed by atoms with E-state index in [2.05, 4.69) is 4.98 Å². The molecule has 1 aliphatic heterocycles. The predicted octanol–water partition coefficient (Wildman–Crippen LogP) is 4.79. The van der Waals surface area contributed by atoms with Crippen molar-refractivity contribution in [3.63, 3.8) is 0 Å². The number of aryl methyl sites for hydroxylation is 1. The number of hydrogen-bond donors (Lipinski definition) is 0. The highest BCUT2D eigenvalue weighted by molar-refractivity contribution is 7.91. The number of carbonyl (C=O) groups is 1. The van der Waals surface area contributed by atoms with Gasteiger partial charge in [0.15, 0.2) is 0 Å². The monoisotopic (exact) mass is 446 g/mol. The number of hydrogen-bond acceptors (Lipinski definition) is 4. The maximum Gasteiger partial charge on any atom is 0.256 e. The molecule has 0 spiro atoms. The molecule has 30 heavy (non-hydrogen) atoms. The van der Waals surface area contributed by atoms with Crippen LogP contribution in [0.1, 0.15) is 35.2 Å². The number of aromatic nitrogens is 1. The molecule has 1 fully saturated rings. The Bertz CT molecular complexity index is 1250. The van der Waals surface area contributed by atoms with Crippen molar-refractivity contribution in [3.05, 3.63) is 64.6 Å². The first kappa shape index (κ1) is 20.8.